The van der Waals surface area contributed by atoms with Gasteiger partial charge in [-0.25, -0.2) is 9.97 Å². The smallest absolute Gasteiger partial charge is 0.257 e. The van der Waals surface area contributed by atoms with E-state index in [0.717, 1.165) is 12.0 Å². The van der Waals surface area contributed by atoms with Crippen molar-refractivity contribution in [1.29, 1.82) is 0 Å². The van der Waals surface area contributed by atoms with E-state index < -0.39 is 0 Å². The van der Waals surface area contributed by atoms with Gasteiger partial charge in [0.15, 0.2) is 0 Å². The number of hydrogen-bond donors (Lipinski definition) is 0. The molecule has 4 heteroatoms. The summed E-state index contributed by atoms with van der Waals surface area (Å²) in [6.07, 6.45) is 4.65. The number of nitrogens with zero attached hydrogens (tertiary/aromatic N) is 3. The van der Waals surface area contributed by atoms with Crippen molar-refractivity contribution in [2.24, 2.45) is 0 Å². The summed E-state index contributed by atoms with van der Waals surface area (Å²) in [4.78, 5) is 23.9. The highest BCUT2D eigenvalue weighted by atomic mass is 16.2. The van der Waals surface area contributed by atoms with Gasteiger partial charge in [-0.2, -0.15) is 0 Å². The largest absolute Gasteiger partial charge is 0.334 e. The van der Waals surface area contributed by atoms with Crippen molar-refractivity contribution in [1.82, 2.24) is 14.9 Å². The highest BCUT2D eigenvalue weighted by molar-refractivity contribution is 6.00. The van der Waals surface area contributed by atoms with Gasteiger partial charge in [0.1, 0.15) is 5.82 Å². The molecule has 4 nitrogen and oxygen atoms in total. The normalized spacial score (nSPS) is 14.0. The Morgan fingerprint density at radius 1 is 0.963 bits per heavy atom. The van der Waals surface area contributed by atoms with Gasteiger partial charge in [0.2, 0.25) is 0 Å². The summed E-state index contributed by atoms with van der Waals surface area (Å²) in [6.45, 7) is 3.14. The first kappa shape index (κ1) is 17.2. The Morgan fingerprint density at radius 2 is 1.63 bits per heavy atom. The van der Waals surface area contributed by atoms with E-state index in [9.17, 15) is 4.79 Å². The lowest BCUT2D eigenvalue weighted by molar-refractivity contribution is 0.0773. The third kappa shape index (κ3) is 3.65. The SMILES string of the molecule is Cc1ncc(C(=O)N2CC=C(c3ccccc3)CC2)c(-c2ccccc2)n1. The molecule has 2 aromatic carbocycles. The van der Waals surface area contributed by atoms with E-state index in [1.54, 1.807) is 6.20 Å². The Balaban J connectivity index is 1.60. The molecule has 0 N–H and O–H groups in total. The van der Waals surface area contributed by atoms with Gasteiger partial charge in [-0.3, -0.25) is 4.79 Å². The summed E-state index contributed by atoms with van der Waals surface area (Å²) in [6, 6.07) is 20.2. The molecular formula is C23H21N3O. The molecule has 0 saturated carbocycles. The summed E-state index contributed by atoms with van der Waals surface area (Å²) in [7, 11) is 0. The predicted molar refractivity (Wildman–Crippen MR) is 107 cm³/mol. The van der Waals surface area contributed by atoms with Gasteiger partial charge in [0.25, 0.3) is 5.91 Å². The molecule has 1 aliphatic heterocycles. The Bertz CT molecular complexity index is 981. The minimum absolute atomic E-state index is 0.0165. The van der Waals surface area contributed by atoms with E-state index in [1.807, 2.05) is 60.4 Å². The molecule has 134 valence electrons. The van der Waals surface area contributed by atoms with Crippen LogP contribution in [0.4, 0.5) is 0 Å². The van der Waals surface area contributed by atoms with E-state index in [2.05, 4.69) is 28.2 Å². The molecule has 0 unspecified atom stereocenters. The number of amides is 1. The first-order valence-electron chi connectivity index (χ1n) is 9.15. The molecule has 0 bridgehead atoms. The second-order valence-electron chi connectivity index (χ2n) is 6.64. The molecule has 27 heavy (non-hydrogen) atoms. The Labute approximate surface area is 159 Å². The number of hydrogen-bond acceptors (Lipinski definition) is 3. The maximum absolute atomic E-state index is 13.2. The average molecular weight is 355 g/mol. The summed E-state index contributed by atoms with van der Waals surface area (Å²) in [5, 5.41) is 0. The summed E-state index contributed by atoms with van der Waals surface area (Å²) >= 11 is 0. The zero-order valence-corrected chi connectivity index (χ0v) is 15.3. The third-order valence-electron chi connectivity index (χ3n) is 4.83. The van der Waals surface area contributed by atoms with E-state index in [4.69, 9.17) is 0 Å². The third-order valence-corrected chi connectivity index (χ3v) is 4.83. The average Bonchev–Trinajstić information content (AvgIpc) is 2.74. The van der Waals surface area contributed by atoms with Crippen LogP contribution in [0.2, 0.25) is 0 Å². The monoisotopic (exact) mass is 355 g/mol. The molecule has 0 saturated heterocycles. The van der Waals surface area contributed by atoms with Crippen molar-refractivity contribution in [3.63, 3.8) is 0 Å². The topological polar surface area (TPSA) is 46.1 Å². The number of benzene rings is 2. The van der Waals surface area contributed by atoms with Gasteiger partial charge in [-0.1, -0.05) is 66.7 Å². The molecule has 2 heterocycles. The molecule has 1 amide bonds. The Morgan fingerprint density at radius 3 is 2.26 bits per heavy atom. The maximum atomic E-state index is 13.2. The maximum Gasteiger partial charge on any atom is 0.257 e. The molecule has 4 rings (SSSR count). The van der Waals surface area contributed by atoms with Gasteiger partial charge in [0.05, 0.1) is 11.3 Å². The van der Waals surface area contributed by atoms with Gasteiger partial charge < -0.3 is 4.90 Å². The molecule has 0 radical (unpaired) electrons. The molecular weight excluding hydrogens is 334 g/mol. The van der Waals surface area contributed by atoms with Crippen molar-refractivity contribution in [2.75, 3.05) is 13.1 Å². The van der Waals surface area contributed by atoms with Crippen molar-refractivity contribution in [2.45, 2.75) is 13.3 Å². The van der Waals surface area contributed by atoms with Crippen LogP contribution in [0.1, 0.15) is 28.2 Å². The lowest BCUT2D eigenvalue weighted by Gasteiger charge is -2.27. The Hall–Kier alpha value is -3.27. The van der Waals surface area contributed by atoms with Crippen LogP contribution >= 0.6 is 0 Å². The highest BCUT2D eigenvalue weighted by Crippen LogP contribution is 2.26. The van der Waals surface area contributed by atoms with Crippen LogP contribution in [0.25, 0.3) is 16.8 Å². The van der Waals surface area contributed by atoms with E-state index in [1.165, 1.54) is 11.1 Å². The minimum Gasteiger partial charge on any atom is -0.334 e. The van der Waals surface area contributed by atoms with Crippen LogP contribution in [0.15, 0.2) is 72.9 Å². The molecule has 0 spiro atoms. The van der Waals surface area contributed by atoms with Crippen LogP contribution < -0.4 is 0 Å². The number of aryl methyl sites for hydroxylation is 1. The lowest BCUT2D eigenvalue weighted by atomic mass is 9.99. The van der Waals surface area contributed by atoms with Crippen LogP contribution in [0.5, 0.6) is 0 Å². The van der Waals surface area contributed by atoms with Crippen molar-refractivity contribution < 1.29 is 4.79 Å². The summed E-state index contributed by atoms with van der Waals surface area (Å²) in [5.74, 6) is 0.646. The van der Waals surface area contributed by atoms with E-state index in [0.29, 0.717) is 30.2 Å². The minimum atomic E-state index is -0.0165. The zero-order valence-electron chi connectivity index (χ0n) is 15.3. The standard InChI is InChI=1S/C23H21N3O/c1-17-24-16-21(22(25-17)20-10-6-3-7-11-20)23(27)26-14-12-19(13-15-26)18-8-4-2-5-9-18/h2-12,16H,13-15H2,1H3. The van der Waals surface area contributed by atoms with Gasteiger partial charge in [-0.05, 0) is 24.5 Å². The van der Waals surface area contributed by atoms with Crippen LogP contribution in [0.3, 0.4) is 0 Å². The van der Waals surface area contributed by atoms with E-state index >= 15 is 0 Å². The fourth-order valence-electron chi connectivity index (χ4n) is 3.38. The molecule has 0 aliphatic carbocycles. The van der Waals surface area contributed by atoms with Crippen molar-refractivity contribution in [3.05, 3.63) is 89.9 Å². The lowest BCUT2D eigenvalue weighted by Crippen LogP contribution is -2.35. The number of carbonyl (C=O) groups is 1. The summed E-state index contributed by atoms with van der Waals surface area (Å²) in [5.41, 5.74) is 4.72. The molecule has 1 aliphatic rings. The second kappa shape index (κ2) is 7.54. The number of aromatic nitrogens is 2. The molecule has 1 aromatic heterocycles. The predicted octanol–water partition coefficient (Wildman–Crippen LogP) is 4.38. The van der Waals surface area contributed by atoms with Gasteiger partial charge in [0, 0.05) is 24.8 Å². The quantitative estimate of drug-likeness (QED) is 0.700. The van der Waals surface area contributed by atoms with Crippen LogP contribution in [0, 0.1) is 6.92 Å². The fraction of sp³-hybridized carbons (Fsp3) is 0.174. The van der Waals surface area contributed by atoms with Crippen molar-refractivity contribution >= 4 is 11.5 Å². The van der Waals surface area contributed by atoms with Crippen LogP contribution in [-0.4, -0.2) is 33.9 Å². The Kier molecular flexibility index (Phi) is 4.79. The van der Waals surface area contributed by atoms with Gasteiger partial charge >= 0.3 is 0 Å². The first-order valence-corrected chi connectivity index (χ1v) is 9.15. The van der Waals surface area contributed by atoms with Crippen LogP contribution in [-0.2, 0) is 0 Å². The summed E-state index contributed by atoms with van der Waals surface area (Å²) < 4.78 is 0. The fourth-order valence-corrected chi connectivity index (χ4v) is 3.38. The first-order chi connectivity index (χ1) is 13.2. The highest BCUT2D eigenvalue weighted by Gasteiger charge is 2.23. The molecule has 3 aromatic rings. The number of rotatable bonds is 3. The number of carbonyl (C=O) groups excluding carboxylic acids is 1. The molecule has 0 fully saturated rings. The zero-order chi connectivity index (χ0) is 18.6. The van der Waals surface area contributed by atoms with E-state index in [-0.39, 0.29) is 5.91 Å². The van der Waals surface area contributed by atoms with Crippen molar-refractivity contribution in [3.8, 4) is 11.3 Å². The molecule has 0 atom stereocenters. The van der Waals surface area contributed by atoms with Gasteiger partial charge in [-0.15, -0.1) is 0 Å². The second-order valence-corrected chi connectivity index (χ2v) is 6.64.